The molecule has 26 heavy (non-hydrogen) atoms. The maximum absolute atomic E-state index is 13.1. The quantitative estimate of drug-likeness (QED) is 0.829. The average molecular weight is 352 g/mol. The minimum atomic E-state index is -0.00650. The molecule has 0 N–H and O–H groups in total. The monoisotopic (exact) mass is 352 g/mol. The van der Waals surface area contributed by atoms with Crippen LogP contribution >= 0.6 is 0 Å². The molecule has 2 aromatic rings. The maximum atomic E-state index is 13.1. The fourth-order valence-electron chi connectivity index (χ4n) is 3.69. The zero-order valence-electron chi connectivity index (χ0n) is 14.8. The molecule has 1 saturated heterocycles. The topological polar surface area (TPSA) is 53.8 Å². The molecule has 1 aliphatic carbocycles. The summed E-state index contributed by atoms with van der Waals surface area (Å²) in [4.78, 5) is 29.4. The van der Waals surface area contributed by atoms with Crippen molar-refractivity contribution in [3.05, 3.63) is 60.1 Å². The molecule has 0 bridgehead atoms. The zero-order valence-corrected chi connectivity index (χ0v) is 14.8. The molecule has 2 amide bonds. The number of benzene rings is 1. The normalized spacial score (nSPS) is 17.9. The van der Waals surface area contributed by atoms with Gasteiger partial charge in [-0.25, -0.2) is 0 Å². The summed E-state index contributed by atoms with van der Waals surface area (Å²) in [6.45, 7) is 1.95. The third kappa shape index (κ3) is 3.66. The van der Waals surface area contributed by atoms with Gasteiger partial charge in [-0.2, -0.15) is 0 Å². The molecule has 0 radical (unpaired) electrons. The number of carbonyl (C=O) groups is 2. The van der Waals surface area contributed by atoms with E-state index in [1.165, 1.54) is 18.1 Å². The van der Waals surface area contributed by atoms with Crippen LogP contribution in [0.4, 0.5) is 0 Å². The molecule has 1 saturated carbocycles. The summed E-state index contributed by atoms with van der Waals surface area (Å²) in [6, 6.07) is 12.3. The van der Waals surface area contributed by atoms with Crippen LogP contribution in [0.5, 0.6) is 0 Å². The molecule has 1 aliphatic heterocycles. The van der Waals surface area contributed by atoms with E-state index >= 15 is 0 Å². The fraction of sp³-hybridized carbons (Fsp3) is 0.429. The average Bonchev–Trinajstić information content (AvgIpc) is 3.39. The Morgan fingerprint density at radius 1 is 1.04 bits per heavy atom. The first-order valence-corrected chi connectivity index (χ1v) is 9.38. The SMILES string of the molecule is O=C(c1ccoc1)N1CCC(C(=O)N(Cc2ccccc2)C2CC2)CC1. The maximum Gasteiger partial charge on any atom is 0.257 e. The Morgan fingerprint density at radius 2 is 1.77 bits per heavy atom. The van der Waals surface area contributed by atoms with Crippen molar-refractivity contribution in [2.45, 2.75) is 38.3 Å². The molecule has 0 atom stereocenters. The van der Waals surface area contributed by atoms with E-state index in [4.69, 9.17) is 4.42 Å². The predicted octanol–water partition coefficient (Wildman–Crippen LogP) is 3.32. The number of nitrogens with zero attached hydrogens (tertiary/aromatic N) is 2. The summed E-state index contributed by atoms with van der Waals surface area (Å²) in [7, 11) is 0. The highest BCUT2D eigenvalue weighted by atomic mass is 16.3. The van der Waals surface area contributed by atoms with Gasteiger partial charge in [0.15, 0.2) is 0 Å². The van der Waals surface area contributed by atoms with Crippen LogP contribution in [0.15, 0.2) is 53.3 Å². The third-order valence-electron chi connectivity index (χ3n) is 5.37. The van der Waals surface area contributed by atoms with Crippen LogP contribution in [0.2, 0.25) is 0 Å². The molecule has 2 fully saturated rings. The van der Waals surface area contributed by atoms with E-state index in [0.29, 0.717) is 31.2 Å². The number of rotatable bonds is 5. The number of hydrogen-bond donors (Lipinski definition) is 0. The van der Waals surface area contributed by atoms with Crippen LogP contribution in [-0.4, -0.2) is 40.7 Å². The summed E-state index contributed by atoms with van der Waals surface area (Å²) < 4.78 is 5.00. The molecule has 2 heterocycles. The van der Waals surface area contributed by atoms with Crippen LogP contribution in [-0.2, 0) is 11.3 Å². The molecule has 1 aromatic carbocycles. The van der Waals surface area contributed by atoms with Crippen LogP contribution in [0.1, 0.15) is 41.6 Å². The minimum absolute atomic E-state index is 0.00650. The molecule has 0 unspecified atom stereocenters. The van der Waals surface area contributed by atoms with Crippen LogP contribution < -0.4 is 0 Å². The van der Waals surface area contributed by atoms with Crippen molar-refractivity contribution in [1.29, 1.82) is 0 Å². The lowest BCUT2D eigenvalue weighted by atomic mass is 9.94. The molecule has 2 aliphatic rings. The van der Waals surface area contributed by atoms with Crippen molar-refractivity contribution in [1.82, 2.24) is 9.80 Å². The van der Waals surface area contributed by atoms with Crippen molar-refractivity contribution in [2.24, 2.45) is 5.92 Å². The Bertz CT molecular complexity index is 745. The van der Waals surface area contributed by atoms with Crippen molar-refractivity contribution in [2.75, 3.05) is 13.1 Å². The van der Waals surface area contributed by atoms with Crippen molar-refractivity contribution >= 4 is 11.8 Å². The smallest absolute Gasteiger partial charge is 0.257 e. The molecule has 1 aromatic heterocycles. The lowest BCUT2D eigenvalue weighted by Crippen LogP contribution is -2.44. The number of piperidine rings is 1. The molecule has 5 heteroatoms. The largest absolute Gasteiger partial charge is 0.472 e. The molecular formula is C21H24N2O3. The highest BCUT2D eigenvalue weighted by Crippen LogP contribution is 2.32. The van der Waals surface area contributed by atoms with Gasteiger partial charge in [-0.15, -0.1) is 0 Å². The predicted molar refractivity (Wildman–Crippen MR) is 97.3 cm³/mol. The number of likely N-dealkylation sites (tertiary alicyclic amines) is 1. The van der Waals surface area contributed by atoms with E-state index in [1.54, 1.807) is 6.07 Å². The molecule has 5 nitrogen and oxygen atoms in total. The van der Waals surface area contributed by atoms with Crippen LogP contribution in [0.3, 0.4) is 0 Å². The second-order valence-corrected chi connectivity index (χ2v) is 7.26. The van der Waals surface area contributed by atoms with Gasteiger partial charge in [0.05, 0.1) is 11.8 Å². The minimum Gasteiger partial charge on any atom is -0.472 e. The Balaban J connectivity index is 1.36. The number of carbonyl (C=O) groups excluding carboxylic acids is 2. The van der Waals surface area contributed by atoms with Gasteiger partial charge in [0, 0.05) is 31.6 Å². The van der Waals surface area contributed by atoms with Crippen molar-refractivity contribution in [3.8, 4) is 0 Å². The number of hydrogen-bond acceptors (Lipinski definition) is 3. The van der Waals surface area contributed by atoms with Gasteiger partial charge in [-0.1, -0.05) is 30.3 Å². The molecule has 4 rings (SSSR count). The number of amides is 2. The summed E-state index contributed by atoms with van der Waals surface area (Å²) in [5.74, 6) is 0.271. The first-order chi connectivity index (χ1) is 12.7. The highest BCUT2D eigenvalue weighted by molar-refractivity contribution is 5.94. The van der Waals surface area contributed by atoms with Gasteiger partial charge in [-0.05, 0) is 37.3 Å². The number of furan rings is 1. The first-order valence-electron chi connectivity index (χ1n) is 9.38. The van der Waals surface area contributed by atoms with Gasteiger partial charge in [-0.3, -0.25) is 9.59 Å². The van der Waals surface area contributed by atoms with Crippen molar-refractivity contribution in [3.63, 3.8) is 0 Å². The first kappa shape index (κ1) is 16.9. The van der Waals surface area contributed by atoms with E-state index in [2.05, 4.69) is 17.0 Å². The molecule has 0 spiro atoms. The van der Waals surface area contributed by atoms with E-state index in [0.717, 1.165) is 25.7 Å². The lowest BCUT2D eigenvalue weighted by Gasteiger charge is -2.34. The van der Waals surface area contributed by atoms with Gasteiger partial charge in [0.2, 0.25) is 5.91 Å². The zero-order chi connectivity index (χ0) is 17.9. The molecule has 136 valence electrons. The van der Waals surface area contributed by atoms with E-state index < -0.39 is 0 Å². The third-order valence-corrected chi connectivity index (χ3v) is 5.37. The van der Waals surface area contributed by atoms with Gasteiger partial charge < -0.3 is 14.2 Å². The van der Waals surface area contributed by atoms with Gasteiger partial charge in [0.25, 0.3) is 5.91 Å². The highest BCUT2D eigenvalue weighted by Gasteiger charge is 2.37. The Morgan fingerprint density at radius 3 is 2.38 bits per heavy atom. The second kappa shape index (κ2) is 7.36. The summed E-state index contributed by atoms with van der Waals surface area (Å²) in [5.41, 5.74) is 1.76. The Labute approximate surface area is 153 Å². The Hall–Kier alpha value is -2.56. The summed E-state index contributed by atoms with van der Waals surface area (Å²) in [5, 5.41) is 0. The van der Waals surface area contributed by atoms with Crippen LogP contribution in [0.25, 0.3) is 0 Å². The van der Waals surface area contributed by atoms with Crippen LogP contribution in [0, 0.1) is 5.92 Å². The van der Waals surface area contributed by atoms with Crippen molar-refractivity contribution < 1.29 is 14.0 Å². The lowest BCUT2D eigenvalue weighted by molar-refractivity contribution is -0.138. The fourth-order valence-corrected chi connectivity index (χ4v) is 3.69. The standard InChI is InChI=1S/C21H24N2O3/c24-20(18-10-13-26-15-18)22-11-8-17(9-12-22)21(25)23(19-6-7-19)14-16-4-2-1-3-5-16/h1-5,10,13,15,17,19H,6-9,11-12,14H2. The van der Waals surface area contributed by atoms with E-state index in [-0.39, 0.29) is 17.7 Å². The second-order valence-electron chi connectivity index (χ2n) is 7.26. The molecular weight excluding hydrogens is 328 g/mol. The summed E-state index contributed by atoms with van der Waals surface area (Å²) in [6.07, 6.45) is 6.68. The van der Waals surface area contributed by atoms with E-state index in [1.807, 2.05) is 23.1 Å². The van der Waals surface area contributed by atoms with E-state index in [9.17, 15) is 9.59 Å². The Kier molecular flexibility index (Phi) is 4.78. The van der Waals surface area contributed by atoms with Gasteiger partial charge in [0.1, 0.15) is 6.26 Å². The van der Waals surface area contributed by atoms with Gasteiger partial charge >= 0.3 is 0 Å². The summed E-state index contributed by atoms with van der Waals surface area (Å²) >= 11 is 0.